The number of carbonyl (C=O) groups excluding carboxylic acids is 1. The zero-order chi connectivity index (χ0) is 12.5. The lowest BCUT2D eigenvalue weighted by molar-refractivity contribution is 0.0705. The number of carbonyl (C=O) groups is 1. The fourth-order valence-corrected chi connectivity index (χ4v) is 3.18. The molecular weight excluding hydrogens is 250 g/mol. The summed E-state index contributed by atoms with van der Waals surface area (Å²) in [5, 5.41) is 8.77. The van der Waals surface area contributed by atoms with Gasteiger partial charge in [0.2, 0.25) is 0 Å². The summed E-state index contributed by atoms with van der Waals surface area (Å²) in [5.41, 5.74) is 4.89. The molecule has 0 aliphatic carbocycles. The van der Waals surface area contributed by atoms with Crippen LogP contribution in [0.5, 0.6) is 0 Å². The van der Waals surface area contributed by atoms with E-state index >= 15 is 0 Å². The first kappa shape index (κ1) is 11.3. The van der Waals surface area contributed by atoms with Crippen LogP contribution in [0.4, 0.5) is 0 Å². The van der Waals surface area contributed by atoms with Crippen molar-refractivity contribution in [3.05, 3.63) is 41.7 Å². The number of aromatic nitrogens is 2. The van der Waals surface area contributed by atoms with Gasteiger partial charge >= 0.3 is 0 Å². The summed E-state index contributed by atoms with van der Waals surface area (Å²) in [7, 11) is 0. The molecule has 1 aliphatic heterocycles. The fourth-order valence-electron chi connectivity index (χ4n) is 2.11. The number of nitrogens with one attached hydrogen (secondary N) is 1. The molecule has 0 saturated heterocycles. The zero-order valence-electron chi connectivity index (χ0n) is 9.46. The van der Waals surface area contributed by atoms with Gasteiger partial charge < -0.3 is 4.57 Å². The molecule has 1 aliphatic rings. The lowest BCUT2D eigenvalue weighted by Gasteiger charge is -2.03. The second-order valence-electron chi connectivity index (χ2n) is 3.95. The van der Waals surface area contributed by atoms with Crippen molar-refractivity contribution in [1.29, 1.82) is 0 Å². The maximum absolute atomic E-state index is 11.6. The molecule has 0 unspecified atom stereocenters. The van der Waals surface area contributed by atoms with Gasteiger partial charge in [0.05, 0.1) is 22.8 Å². The highest BCUT2D eigenvalue weighted by Crippen LogP contribution is 2.34. The van der Waals surface area contributed by atoms with Crippen molar-refractivity contribution in [3.8, 4) is 11.4 Å². The highest BCUT2D eigenvalue weighted by molar-refractivity contribution is 7.97. The SMILES string of the molecule is O=C(NO)c1cc(-c2ccccn2)n2c1CSC2. The van der Waals surface area contributed by atoms with Gasteiger partial charge in [-0.2, -0.15) is 0 Å². The van der Waals surface area contributed by atoms with Gasteiger partial charge in [-0.05, 0) is 18.2 Å². The lowest BCUT2D eigenvalue weighted by Crippen LogP contribution is -2.19. The van der Waals surface area contributed by atoms with E-state index in [1.807, 2.05) is 18.2 Å². The average Bonchev–Trinajstić information content (AvgIpc) is 3.00. The van der Waals surface area contributed by atoms with Crippen LogP contribution in [0.15, 0.2) is 30.5 Å². The van der Waals surface area contributed by atoms with Gasteiger partial charge in [-0.1, -0.05) is 6.07 Å². The Labute approximate surface area is 108 Å². The molecule has 2 aromatic rings. The molecular formula is C12H11N3O2S. The summed E-state index contributed by atoms with van der Waals surface area (Å²) in [4.78, 5) is 15.9. The van der Waals surface area contributed by atoms with E-state index in [4.69, 9.17) is 5.21 Å². The third-order valence-corrected chi connectivity index (χ3v) is 3.86. The Hall–Kier alpha value is -1.79. The van der Waals surface area contributed by atoms with Crippen LogP contribution in [0.25, 0.3) is 11.4 Å². The van der Waals surface area contributed by atoms with Crippen LogP contribution >= 0.6 is 11.8 Å². The van der Waals surface area contributed by atoms with Gasteiger partial charge in [0.15, 0.2) is 0 Å². The predicted molar refractivity (Wildman–Crippen MR) is 68.2 cm³/mol. The van der Waals surface area contributed by atoms with E-state index in [0.717, 1.165) is 28.7 Å². The Morgan fingerprint density at radius 1 is 1.50 bits per heavy atom. The Bertz CT molecular complexity index is 595. The van der Waals surface area contributed by atoms with E-state index in [1.54, 1.807) is 29.5 Å². The Kier molecular flexibility index (Phi) is 2.81. The first-order valence-electron chi connectivity index (χ1n) is 5.47. The number of hydrogen-bond donors (Lipinski definition) is 2. The summed E-state index contributed by atoms with van der Waals surface area (Å²) in [6, 6.07) is 7.46. The van der Waals surface area contributed by atoms with Crippen LogP contribution in [-0.2, 0) is 11.6 Å². The Morgan fingerprint density at radius 2 is 2.39 bits per heavy atom. The van der Waals surface area contributed by atoms with Gasteiger partial charge in [0.1, 0.15) is 0 Å². The number of hydroxylamine groups is 1. The van der Waals surface area contributed by atoms with Gasteiger partial charge in [-0.15, -0.1) is 11.8 Å². The Morgan fingerprint density at radius 3 is 3.11 bits per heavy atom. The monoisotopic (exact) mass is 261 g/mol. The van der Waals surface area contributed by atoms with E-state index in [1.165, 1.54) is 0 Å². The maximum atomic E-state index is 11.6. The number of fused-ring (bicyclic) bond motifs is 1. The smallest absolute Gasteiger partial charge is 0.276 e. The number of pyridine rings is 1. The molecule has 0 bridgehead atoms. The second kappa shape index (κ2) is 4.47. The van der Waals surface area contributed by atoms with Crippen LogP contribution in [0.1, 0.15) is 16.1 Å². The predicted octanol–water partition coefficient (Wildman–Crippen LogP) is 1.87. The summed E-state index contributed by atoms with van der Waals surface area (Å²) in [5.74, 6) is 1.11. The molecule has 0 aromatic carbocycles. The summed E-state index contributed by atoms with van der Waals surface area (Å²) < 4.78 is 2.07. The lowest BCUT2D eigenvalue weighted by atomic mass is 10.2. The molecule has 6 heteroatoms. The molecule has 5 nitrogen and oxygen atoms in total. The molecule has 2 aromatic heterocycles. The first-order chi connectivity index (χ1) is 8.81. The fraction of sp³-hybridized carbons (Fsp3) is 0.167. The number of nitrogens with zero attached hydrogens (tertiary/aromatic N) is 2. The van der Waals surface area contributed by atoms with Crippen molar-refractivity contribution < 1.29 is 10.0 Å². The summed E-state index contributed by atoms with van der Waals surface area (Å²) in [6.07, 6.45) is 1.73. The van der Waals surface area contributed by atoms with Crippen molar-refractivity contribution >= 4 is 17.7 Å². The number of hydrogen-bond acceptors (Lipinski definition) is 4. The van der Waals surface area contributed by atoms with E-state index < -0.39 is 5.91 Å². The summed E-state index contributed by atoms with van der Waals surface area (Å²) in [6.45, 7) is 0. The van der Waals surface area contributed by atoms with Gasteiger partial charge in [0, 0.05) is 17.6 Å². The normalized spacial score (nSPS) is 13.4. The first-order valence-corrected chi connectivity index (χ1v) is 6.62. The topological polar surface area (TPSA) is 67.2 Å². The maximum Gasteiger partial charge on any atom is 0.276 e. The van der Waals surface area contributed by atoms with Crippen LogP contribution in [0, 0.1) is 0 Å². The highest BCUT2D eigenvalue weighted by Gasteiger charge is 2.24. The molecule has 0 atom stereocenters. The van der Waals surface area contributed by atoms with Gasteiger partial charge in [0.25, 0.3) is 5.91 Å². The third-order valence-electron chi connectivity index (χ3n) is 2.94. The minimum absolute atomic E-state index is 0.469. The number of thioether (sulfide) groups is 1. The van der Waals surface area contributed by atoms with Gasteiger partial charge in [-0.3, -0.25) is 15.0 Å². The molecule has 0 fully saturated rings. The Balaban J connectivity index is 2.15. The molecule has 3 heterocycles. The van der Waals surface area contributed by atoms with Crippen LogP contribution in [-0.4, -0.2) is 20.7 Å². The second-order valence-corrected chi connectivity index (χ2v) is 4.91. The number of amides is 1. The molecule has 0 spiro atoms. The van der Waals surface area contributed by atoms with E-state index in [0.29, 0.717) is 5.56 Å². The number of rotatable bonds is 2. The summed E-state index contributed by atoms with van der Waals surface area (Å²) >= 11 is 1.73. The molecule has 18 heavy (non-hydrogen) atoms. The molecule has 1 amide bonds. The van der Waals surface area contributed by atoms with E-state index in [2.05, 4.69) is 9.55 Å². The third kappa shape index (κ3) is 1.70. The minimum Gasteiger partial charge on any atom is -0.332 e. The molecule has 2 N–H and O–H groups in total. The largest absolute Gasteiger partial charge is 0.332 e. The molecule has 3 rings (SSSR count). The molecule has 92 valence electrons. The van der Waals surface area contributed by atoms with Crippen molar-refractivity contribution in [2.75, 3.05) is 0 Å². The van der Waals surface area contributed by atoms with Crippen LogP contribution < -0.4 is 5.48 Å². The van der Waals surface area contributed by atoms with Gasteiger partial charge in [-0.25, -0.2) is 5.48 Å². The quantitative estimate of drug-likeness (QED) is 0.640. The van der Waals surface area contributed by atoms with Crippen molar-refractivity contribution in [2.24, 2.45) is 0 Å². The van der Waals surface area contributed by atoms with E-state index in [9.17, 15) is 4.79 Å². The molecule has 0 radical (unpaired) electrons. The van der Waals surface area contributed by atoms with Crippen LogP contribution in [0.3, 0.4) is 0 Å². The molecule has 0 saturated carbocycles. The average molecular weight is 261 g/mol. The van der Waals surface area contributed by atoms with Crippen molar-refractivity contribution in [1.82, 2.24) is 15.0 Å². The minimum atomic E-state index is -0.469. The van der Waals surface area contributed by atoms with E-state index in [-0.39, 0.29) is 0 Å². The standard InChI is InChI=1S/C12H11N3O2S/c16-12(14-17)8-5-10(9-3-1-2-4-13-9)15-7-18-6-11(8)15/h1-5,17H,6-7H2,(H,14,16). The highest BCUT2D eigenvalue weighted by atomic mass is 32.2. The van der Waals surface area contributed by atoms with Crippen molar-refractivity contribution in [3.63, 3.8) is 0 Å². The zero-order valence-corrected chi connectivity index (χ0v) is 10.3. The van der Waals surface area contributed by atoms with Crippen molar-refractivity contribution in [2.45, 2.75) is 11.6 Å². The van der Waals surface area contributed by atoms with Crippen LogP contribution in [0.2, 0.25) is 0 Å².